The molecule has 25 heavy (non-hydrogen) atoms. The Balaban J connectivity index is 1.51. The molecule has 1 aromatic heterocycles. The molecule has 8 heteroatoms. The Hall–Kier alpha value is -2.38. The molecule has 3 heterocycles. The van der Waals surface area contributed by atoms with Gasteiger partial charge in [-0.15, -0.1) is 0 Å². The Morgan fingerprint density at radius 2 is 2.24 bits per heavy atom. The van der Waals surface area contributed by atoms with Crippen molar-refractivity contribution in [3.8, 4) is 0 Å². The van der Waals surface area contributed by atoms with E-state index in [9.17, 15) is 14.4 Å². The summed E-state index contributed by atoms with van der Waals surface area (Å²) in [4.78, 5) is 38.1. The first-order chi connectivity index (χ1) is 11.8. The van der Waals surface area contributed by atoms with Gasteiger partial charge >= 0.3 is 0 Å². The molecule has 2 fully saturated rings. The van der Waals surface area contributed by atoms with E-state index in [0.717, 1.165) is 12.0 Å². The van der Waals surface area contributed by atoms with Crippen molar-refractivity contribution in [2.75, 3.05) is 19.6 Å². The summed E-state index contributed by atoms with van der Waals surface area (Å²) in [6.45, 7) is 7.23. The van der Waals surface area contributed by atoms with Gasteiger partial charge in [0.25, 0.3) is 5.91 Å². The average Bonchev–Trinajstić information content (AvgIpc) is 3.23. The molecule has 136 valence electrons. The molecular formula is C17H24N4O4. The minimum atomic E-state index is -0.524. The lowest BCUT2D eigenvalue weighted by atomic mass is 9.88. The minimum Gasteiger partial charge on any atom is -0.364 e. The van der Waals surface area contributed by atoms with Crippen LogP contribution in [0.25, 0.3) is 0 Å². The van der Waals surface area contributed by atoms with Crippen molar-refractivity contribution in [2.45, 2.75) is 39.2 Å². The van der Waals surface area contributed by atoms with Crippen LogP contribution in [-0.2, 0) is 9.59 Å². The van der Waals surface area contributed by atoms with Crippen LogP contribution in [0.2, 0.25) is 0 Å². The second-order valence-corrected chi connectivity index (χ2v) is 7.52. The van der Waals surface area contributed by atoms with Crippen molar-refractivity contribution in [3.63, 3.8) is 0 Å². The lowest BCUT2D eigenvalue weighted by Crippen LogP contribution is -2.47. The summed E-state index contributed by atoms with van der Waals surface area (Å²) in [6, 6.07) is 0. The van der Waals surface area contributed by atoms with E-state index in [1.54, 1.807) is 11.8 Å². The van der Waals surface area contributed by atoms with Gasteiger partial charge in [0.1, 0.15) is 6.26 Å². The van der Waals surface area contributed by atoms with Crippen molar-refractivity contribution < 1.29 is 18.9 Å². The Labute approximate surface area is 146 Å². The zero-order valence-corrected chi connectivity index (χ0v) is 14.8. The van der Waals surface area contributed by atoms with Crippen LogP contribution in [0, 0.1) is 18.8 Å². The zero-order valence-electron chi connectivity index (χ0n) is 14.8. The highest BCUT2D eigenvalue weighted by Crippen LogP contribution is 2.27. The van der Waals surface area contributed by atoms with Gasteiger partial charge in [-0.05, 0) is 33.1 Å². The summed E-state index contributed by atoms with van der Waals surface area (Å²) in [5.41, 5.74) is 0.549. The summed E-state index contributed by atoms with van der Waals surface area (Å²) in [7, 11) is 0. The summed E-state index contributed by atoms with van der Waals surface area (Å²) < 4.78 is 4.83. The fourth-order valence-electron chi connectivity index (χ4n) is 3.55. The highest BCUT2D eigenvalue weighted by atomic mass is 16.5. The Morgan fingerprint density at radius 3 is 2.84 bits per heavy atom. The zero-order chi connectivity index (χ0) is 18.2. The maximum absolute atomic E-state index is 12.4. The molecule has 2 aliphatic rings. The van der Waals surface area contributed by atoms with Crippen LogP contribution in [0.15, 0.2) is 10.8 Å². The molecule has 8 nitrogen and oxygen atoms in total. The summed E-state index contributed by atoms with van der Waals surface area (Å²) in [6.07, 6.45) is 2.51. The van der Waals surface area contributed by atoms with Gasteiger partial charge in [-0.2, -0.15) is 0 Å². The largest absolute Gasteiger partial charge is 0.364 e. The van der Waals surface area contributed by atoms with Crippen molar-refractivity contribution in [2.24, 2.45) is 11.8 Å². The third kappa shape index (κ3) is 3.52. The van der Waals surface area contributed by atoms with Gasteiger partial charge < -0.3 is 20.1 Å². The van der Waals surface area contributed by atoms with Crippen LogP contribution >= 0.6 is 0 Å². The molecular weight excluding hydrogens is 324 g/mol. The third-order valence-electron chi connectivity index (χ3n) is 5.13. The predicted molar refractivity (Wildman–Crippen MR) is 88.6 cm³/mol. The van der Waals surface area contributed by atoms with Crippen molar-refractivity contribution in [1.82, 2.24) is 20.7 Å². The summed E-state index contributed by atoms with van der Waals surface area (Å²) in [5.74, 6) is -0.497. The SMILES string of the molecule is Cc1conc1C(=O)N1CCC(CNC(=O)C2CC(=O)NC2(C)C)C1. The average molecular weight is 348 g/mol. The van der Waals surface area contributed by atoms with Gasteiger partial charge in [-0.1, -0.05) is 5.16 Å². The van der Waals surface area contributed by atoms with Gasteiger partial charge in [0, 0.05) is 37.2 Å². The fourth-order valence-corrected chi connectivity index (χ4v) is 3.55. The molecule has 1 aromatic rings. The lowest BCUT2D eigenvalue weighted by Gasteiger charge is -2.26. The number of hydrogen-bond acceptors (Lipinski definition) is 5. The maximum atomic E-state index is 12.4. The molecule has 3 amide bonds. The molecule has 2 N–H and O–H groups in total. The number of carbonyl (C=O) groups excluding carboxylic acids is 3. The Bertz CT molecular complexity index is 697. The topological polar surface area (TPSA) is 105 Å². The monoisotopic (exact) mass is 348 g/mol. The highest BCUT2D eigenvalue weighted by Gasteiger charge is 2.43. The van der Waals surface area contributed by atoms with Crippen LogP contribution in [-0.4, -0.2) is 53.0 Å². The van der Waals surface area contributed by atoms with E-state index in [-0.39, 0.29) is 36.0 Å². The molecule has 2 aliphatic heterocycles. The predicted octanol–water partition coefficient (Wildman–Crippen LogP) is 0.476. The Morgan fingerprint density at radius 1 is 1.48 bits per heavy atom. The first-order valence-corrected chi connectivity index (χ1v) is 8.57. The molecule has 2 unspecified atom stereocenters. The number of nitrogens with zero attached hydrogens (tertiary/aromatic N) is 2. The first kappa shape index (κ1) is 17.4. The number of amides is 3. The number of carbonyl (C=O) groups is 3. The molecule has 0 aromatic carbocycles. The fraction of sp³-hybridized carbons (Fsp3) is 0.647. The minimum absolute atomic E-state index is 0.0919. The molecule has 0 aliphatic carbocycles. The third-order valence-corrected chi connectivity index (χ3v) is 5.13. The normalized spacial score (nSPS) is 25.1. The Kier molecular flexibility index (Phi) is 4.53. The molecule has 0 bridgehead atoms. The van der Waals surface area contributed by atoms with Crippen molar-refractivity contribution in [3.05, 3.63) is 17.5 Å². The van der Waals surface area contributed by atoms with Crippen LogP contribution < -0.4 is 10.6 Å². The van der Waals surface area contributed by atoms with E-state index in [2.05, 4.69) is 15.8 Å². The number of aromatic nitrogens is 1. The van der Waals surface area contributed by atoms with E-state index in [4.69, 9.17) is 4.52 Å². The van der Waals surface area contributed by atoms with Crippen LogP contribution in [0.1, 0.15) is 42.7 Å². The van der Waals surface area contributed by atoms with Gasteiger partial charge in [-0.25, -0.2) is 0 Å². The lowest BCUT2D eigenvalue weighted by molar-refractivity contribution is -0.127. The standard InChI is InChI=1S/C17H24N4O4/c1-10-9-25-20-14(10)16(24)21-5-4-11(8-21)7-18-15(23)12-6-13(22)19-17(12,2)3/h9,11-12H,4-8H2,1-3H3,(H,18,23)(H,19,22). The molecule has 2 saturated heterocycles. The van der Waals surface area contributed by atoms with Gasteiger partial charge in [-0.3, -0.25) is 14.4 Å². The number of aryl methyl sites for hydroxylation is 1. The molecule has 0 spiro atoms. The van der Waals surface area contributed by atoms with Crippen LogP contribution in [0.4, 0.5) is 0 Å². The van der Waals surface area contributed by atoms with Gasteiger partial charge in [0.15, 0.2) is 5.69 Å². The number of rotatable bonds is 4. The summed E-state index contributed by atoms with van der Waals surface area (Å²) in [5, 5.41) is 9.53. The van der Waals surface area contributed by atoms with Crippen molar-refractivity contribution >= 4 is 17.7 Å². The molecule has 2 atom stereocenters. The smallest absolute Gasteiger partial charge is 0.276 e. The van der Waals surface area contributed by atoms with Crippen LogP contribution in [0.3, 0.4) is 0 Å². The second kappa shape index (κ2) is 6.50. The van der Waals surface area contributed by atoms with E-state index in [1.165, 1.54) is 6.26 Å². The first-order valence-electron chi connectivity index (χ1n) is 8.57. The second-order valence-electron chi connectivity index (χ2n) is 7.52. The van der Waals surface area contributed by atoms with Gasteiger partial charge in [0.05, 0.1) is 5.92 Å². The molecule has 0 radical (unpaired) electrons. The van der Waals surface area contributed by atoms with E-state index in [0.29, 0.717) is 25.3 Å². The van der Waals surface area contributed by atoms with Crippen LogP contribution in [0.5, 0.6) is 0 Å². The molecule has 0 saturated carbocycles. The maximum Gasteiger partial charge on any atom is 0.276 e. The van der Waals surface area contributed by atoms with Gasteiger partial charge in [0.2, 0.25) is 11.8 Å². The molecule has 3 rings (SSSR count). The van der Waals surface area contributed by atoms with Crippen molar-refractivity contribution in [1.29, 1.82) is 0 Å². The van der Waals surface area contributed by atoms with E-state index in [1.807, 2.05) is 13.8 Å². The summed E-state index contributed by atoms with van der Waals surface area (Å²) >= 11 is 0. The number of likely N-dealkylation sites (tertiary alicyclic amines) is 1. The highest BCUT2D eigenvalue weighted by molar-refractivity contribution is 5.93. The number of nitrogens with one attached hydrogen (secondary N) is 2. The quantitative estimate of drug-likeness (QED) is 0.823. The van der Waals surface area contributed by atoms with E-state index < -0.39 is 5.54 Å². The van der Waals surface area contributed by atoms with E-state index >= 15 is 0 Å². The number of hydrogen-bond donors (Lipinski definition) is 2.